The molecule has 100 valence electrons. The molecule has 3 N–H and O–H groups in total. The monoisotopic (exact) mass is 256 g/mol. The largest absolute Gasteiger partial charge is 0.503 e. The van der Waals surface area contributed by atoms with Crippen LogP contribution >= 0.6 is 0 Å². The summed E-state index contributed by atoms with van der Waals surface area (Å²) in [5.74, 6) is -1.55. The number of likely N-dealkylation sites (N-methyl/N-ethyl adjacent to an activating group) is 1. The van der Waals surface area contributed by atoms with Crippen LogP contribution in [0.1, 0.15) is 5.69 Å². The Bertz CT molecular complexity index is 483. The Morgan fingerprint density at radius 3 is 2.72 bits per heavy atom. The van der Waals surface area contributed by atoms with E-state index in [1.54, 1.807) is 11.9 Å². The third-order valence-corrected chi connectivity index (χ3v) is 2.42. The van der Waals surface area contributed by atoms with Crippen molar-refractivity contribution in [3.63, 3.8) is 0 Å². The molecule has 0 saturated carbocycles. The highest BCUT2D eigenvalue weighted by atomic mass is 16.4. The van der Waals surface area contributed by atoms with Gasteiger partial charge in [0, 0.05) is 24.8 Å². The van der Waals surface area contributed by atoms with E-state index >= 15 is 0 Å². The third-order valence-electron chi connectivity index (χ3n) is 2.42. The normalized spacial score (nSPS) is 10.8. The zero-order valence-electron chi connectivity index (χ0n) is 10.0. The van der Waals surface area contributed by atoms with Gasteiger partial charge in [0.05, 0.1) is 12.8 Å². The molecule has 0 radical (unpaired) electrons. The van der Waals surface area contributed by atoms with E-state index in [-0.39, 0.29) is 13.2 Å². The van der Waals surface area contributed by atoms with E-state index in [9.17, 15) is 14.7 Å². The fourth-order valence-electron chi connectivity index (χ4n) is 1.56. The Hall–Kier alpha value is -1.86. The quantitative estimate of drug-likeness (QED) is 0.607. The molecule has 1 aromatic rings. The Balaban J connectivity index is 3.03. The van der Waals surface area contributed by atoms with Gasteiger partial charge in [-0.25, -0.2) is 0 Å². The number of pyridine rings is 1. The first kappa shape index (κ1) is 14.2. The van der Waals surface area contributed by atoms with Gasteiger partial charge in [0.1, 0.15) is 6.54 Å². The van der Waals surface area contributed by atoms with Crippen molar-refractivity contribution in [3.05, 3.63) is 28.2 Å². The highest BCUT2D eigenvalue weighted by Gasteiger charge is 2.10. The number of hydrogen-bond donors (Lipinski definition) is 3. The SMILES string of the molecule is CN(CCO)Cc1cc(=O)c(O)cn1CC(=O)O. The molecule has 0 saturated heterocycles. The summed E-state index contributed by atoms with van der Waals surface area (Å²) in [6.07, 6.45) is 1.11. The van der Waals surface area contributed by atoms with Crippen LogP contribution < -0.4 is 5.43 Å². The average molecular weight is 256 g/mol. The van der Waals surface area contributed by atoms with Crippen molar-refractivity contribution in [2.75, 3.05) is 20.2 Å². The predicted molar refractivity (Wildman–Crippen MR) is 63.4 cm³/mol. The minimum atomic E-state index is -1.07. The lowest BCUT2D eigenvalue weighted by molar-refractivity contribution is -0.137. The molecule has 0 bridgehead atoms. The standard InChI is InChI=1S/C11H16N2O5/c1-12(2-3-14)5-8-4-9(15)10(16)6-13(8)7-11(17)18/h4,6,14,16H,2-3,5,7H2,1H3,(H,17,18). The molecule has 1 rings (SSSR count). The number of nitrogens with zero attached hydrogens (tertiary/aromatic N) is 2. The molecule has 0 unspecified atom stereocenters. The first-order valence-electron chi connectivity index (χ1n) is 5.37. The van der Waals surface area contributed by atoms with E-state index in [0.29, 0.717) is 18.8 Å². The van der Waals surface area contributed by atoms with Gasteiger partial charge in [-0.3, -0.25) is 14.5 Å². The number of aliphatic carboxylic acids is 1. The number of aliphatic hydroxyl groups is 1. The molecule has 0 spiro atoms. The summed E-state index contributed by atoms with van der Waals surface area (Å²) in [6.45, 7) is 0.347. The zero-order valence-corrected chi connectivity index (χ0v) is 10.0. The number of rotatable bonds is 6. The van der Waals surface area contributed by atoms with E-state index < -0.39 is 17.1 Å². The second kappa shape index (κ2) is 6.18. The first-order chi connectivity index (χ1) is 8.43. The van der Waals surface area contributed by atoms with Crippen LogP contribution in [0.2, 0.25) is 0 Å². The number of hydrogen-bond acceptors (Lipinski definition) is 5. The fourth-order valence-corrected chi connectivity index (χ4v) is 1.56. The van der Waals surface area contributed by atoms with Gasteiger partial charge >= 0.3 is 5.97 Å². The van der Waals surface area contributed by atoms with Crippen LogP contribution in [0.25, 0.3) is 0 Å². The van der Waals surface area contributed by atoms with Gasteiger partial charge in [-0.15, -0.1) is 0 Å². The van der Waals surface area contributed by atoms with Crippen LogP contribution in [0, 0.1) is 0 Å². The van der Waals surface area contributed by atoms with Crippen LogP contribution in [-0.2, 0) is 17.9 Å². The maximum atomic E-state index is 11.3. The second-order valence-corrected chi connectivity index (χ2v) is 4.00. The van der Waals surface area contributed by atoms with Crippen molar-refractivity contribution in [1.82, 2.24) is 9.47 Å². The summed E-state index contributed by atoms with van der Waals surface area (Å²) in [7, 11) is 1.73. The molecule has 0 atom stereocenters. The number of aromatic hydroxyl groups is 1. The number of carbonyl (C=O) groups is 1. The van der Waals surface area contributed by atoms with Crippen molar-refractivity contribution < 1.29 is 20.1 Å². The number of aromatic nitrogens is 1. The minimum Gasteiger partial charge on any atom is -0.503 e. The van der Waals surface area contributed by atoms with Crippen molar-refractivity contribution in [3.8, 4) is 5.75 Å². The van der Waals surface area contributed by atoms with Crippen molar-refractivity contribution in [1.29, 1.82) is 0 Å². The Morgan fingerprint density at radius 2 is 2.17 bits per heavy atom. The summed E-state index contributed by atoms with van der Waals surface area (Å²) < 4.78 is 1.30. The van der Waals surface area contributed by atoms with Gasteiger partial charge in [-0.05, 0) is 7.05 Å². The molecular formula is C11H16N2O5. The van der Waals surface area contributed by atoms with E-state index in [1.165, 1.54) is 10.6 Å². The third kappa shape index (κ3) is 3.86. The summed E-state index contributed by atoms with van der Waals surface area (Å²) in [5, 5.41) is 26.8. The highest BCUT2D eigenvalue weighted by Crippen LogP contribution is 2.07. The van der Waals surface area contributed by atoms with Gasteiger partial charge in [0.25, 0.3) is 0 Å². The number of carboxylic acid groups (broad SMARTS) is 1. The molecule has 7 nitrogen and oxygen atoms in total. The fraction of sp³-hybridized carbons (Fsp3) is 0.455. The second-order valence-electron chi connectivity index (χ2n) is 4.00. The predicted octanol–water partition coefficient (Wildman–Crippen LogP) is -0.937. The molecule has 0 aliphatic carbocycles. The first-order valence-corrected chi connectivity index (χ1v) is 5.37. The lowest BCUT2D eigenvalue weighted by Gasteiger charge is -2.18. The Morgan fingerprint density at radius 1 is 1.50 bits per heavy atom. The molecule has 7 heteroatoms. The van der Waals surface area contributed by atoms with Crippen molar-refractivity contribution in [2.45, 2.75) is 13.1 Å². The molecule has 18 heavy (non-hydrogen) atoms. The van der Waals surface area contributed by atoms with E-state index in [1.807, 2.05) is 0 Å². The summed E-state index contributed by atoms with van der Waals surface area (Å²) in [5.41, 5.74) is -0.0832. The summed E-state index contributed by atoms with van der Waals surface area (Å²) in [6, 6.07) is 1.20. The van der Waals surface area contributed by atoms with Crippen molar-refractivity contribution >= 4 is 5.97 Å². The van der Waals surface area contributed by atoms with E-state index in [4.69, 9.17) is 10.2 Å². The number of aliphatic hydroxyl groups excluding tert-OH is 1. The number of carboxylic acids is 1. The summed E-state index contributed by atoms with van der Waals surface area (Å²) in [4.78, 5) is 23.8. The van der Waals surface area contributed by atoms with Crippen LogP contribution in [-0.4, -0.2) is 51.0 Å². The lowest BCUT2D eigenvalue weighted by Crippen LogP contribution is -2.26. The molecule has 1 heterocycles. The maximum absolute atomic E-state index is 11.3. The topological polar surface area (TPSA) is 103 Å². The molecule has 1 aromatic heterocycles. The van der Waals surface area contributed by atoms with Gasteiger partial charge in [-0.2, -0.15) is 0 Å². The molecule has 0 aromatic carbocycles. The lowest BCUT2D eigenvalue weighted by atomic mass is 10.3. The van der Waals surface area contributed by atoms with Crippen LogP contribution in [0.15, 0.2) is 17.1 Å². The van der Waals surface area contributed by atoms with Crippen molar-refractivity contribution in [2.24, 2.45) is 0 Å². The van der Waals surface area contributed by atoms with Gasteiger partial charge < -0.3 is 19.9 Å². The Kier molecular flexibility index (Phi) is 4.87. The van der Waals surface area contributed by atoms with Gasteiger partial charge in [-0.1, -0.05) is 0 Å². The molecular weight excluding hydrogens is 240 g/mol. The van der Waals surface area contributed by atoms with Gasteiger partial charge in [0.2, 0.25) is 5.43 Å². The smallest absolute Gasteiger partial charge is 0.323 e. The average Bonchev–Trinajstić information content (AvgIpc) is 2.25. The minimum absolute atomic E-state index is 0.0300. The van der Waals surface area contributed by atoms with E-state index in [0.717, 1.165) is 6.20 Å². The summed E-state index contributed by atoms with van der Waals surface area (Å²) >= 11 is 0. The maximum Gasteiger partial charge on any atom is 0.323 e. The van der Waals surface area contributed by atoms with E-state index in [2.05, 4.69) is 0 Å². The molecule has 0 aliphatic rings. The zero-order chi connectivity index (χ0) is 13.7. The molecule has 0 fully saturated rings. The van der Waals surface area contributed by atoms with Crippen LogP contribution in [0.4, 0.5) is 0 Å². The van der Waals surface area contributed by atoms with Crippen LogP contribution in [0.3, 0.4) is 0 Å². The van der Waals surface area contributed by atoms with Crippen LogP contribution in [0.5, 0.6) is 5.75 Å². The molecule has 0 amide bonds. The van der Waals surface area contributed by atoms with Gasteiger partial charge in [0.15, 0.2) is 5.75 Å². The Labute approximate surface area is 104 Å². The molecule has 0 aliphatic heterocycles. The highest BCUT2D eigenvalue weighted by molar-refractivity contribution is 5.66.